The first-order valence-corrected chi connectivity index (χ1v) is 9.95. The van der Waals surface area contributed by atoms with Crippen LogP contribution in [-0.2, 0) is 20.1 Å². The minimum absolute atomic E-state index is 0.0313. The molecule has 0 bridgehead atoms. The summed E-state index contributed by atoms with van der Waals surface area (Å²) in [6.45, 7) is 1.79. The van der Waals surface area contributed by atoms with Crippen molar-refractivity contribution in [1.82, 2.24) is 19.9 Å². The molecule has 1 fully saturated rings. The van der Waals surface area contributed by atoms with E-state index in [2.05, 4.69) is 25.3 Å². The number of aliphatic hydroxyl groups is 1. The average Bonchev–Trinajstić information content (AvgIpc) is 3.25. The quantitative estimate of drug-likeness (QED) is 0.431. The van der Waals surface area contributed by atoms with E-state index in [9.17, 15) is 14.3 Å². The maximum absolute atomic E-state index is 13.5. The number of nitrogens with zero attached hydrogens (tertiary/aromatic N) is 3. The SMILES string of the molecule is CC1(c2nc(-c3ccc(F)cc3)c(-c3ccnc(NCCO)n3)[nH]2)OCC(C(=O)O)CO1. The summed E-state index contributed by atoms with van der Waals surface area (Å²) in [6.07, 6.45) is 1.56. The van der Waals surface area contributed by atoms with Crippen LogP contribution in [0.25, 0.3) is 22.6 Å². The van der Waals surface area contributed by atoms with Crippen molar-refractivity contribution in [3.05, 3.63) is 48.2 Å². The summed E-state index contributed by atoms with van der Waals surface area (Å²) in [6, 6.07) is 7.52. The van der Waals surface area contributed by atoms with Crippen LogP contribution in [0.5, 0.6) is 0 Å². The average molecular weight is 443 g/mol. The molecule has 3 aromatic rings. The summed E-state index contributed by atoms with van der Waals surface area (Å²) in [5, 5.41) is 21.1. The van der Waals surface area contributed by atoms with Gasteiger partial charge in [-0.25, -0.2) is 19.3 Å². The van der Waals surface area contributed by atoms with Crippen LogP contribution in [0.15, 0.2) is 36.5 Å². The molecule has 0 amide bonds. The minimum atomic E-state index is -1.30. The Morgan fingerprint density at radius 3 is 2.62 bits per heavy atom. The fraction of sp³-hybridized carbons (Fsp3) is 0.333. The number of H-pyrrole nitrogens is 1. The van der Waals surface area contributed by atoms with E-state index in [1.54, 1.807) is 31.3 Å². The van der Waals surface area contributed by atoms with Gasteiger partial charge in [0.1, 0.15) is 11.7 Å². The molecule has 4 rings (SSSR count). The van der Waals surface area contributed by atoms with Gasteiger partial charge in [0, 0.05) is 18.3 Å². The molecule has 32 heavy (non-hydrogen) atoms. The van der Waals surface area contributed by atoms with Gasteiger partial charge in [0.05, 0.1) is 36.9 Å². The van der Waals surface area contributed by atoms with Crippen LogP contribution in [-0.4, -0.2) is 62.5 Å². The van der Waals surface area contributed by atoms with Crippen molar-refractivity contribution in [2.75, 3.05) is 31.7 Å². The lowest BCUT2D eigenvalue weighted by atomic mass is 10.1. The number of nitrogens with one attached hydrogen (secondary N) is 2. The molecule has 1 aromatic carbocycles. The summed E-state index contributed by atoms with van der Waals surface area (Å²) in [4.78, 5) is 27.6. The Hall–Kier alpha value is -3.41. The molecule has 0 radical (unpaired) electrons. The molecule has 168 valence electrons. The highest BCUT2D eigenvalue weighted by molar-refractivity contribution is 5.77. The third-order valence-electron chi connectivity index (χ3n) is 5.03. The molecule has 11 heteroatoms. The van der Waals surface area contributed by atoms with Gasteiger partial charge in [-0.15, -0.1) is 0 Å². The maximum Gasteiger partial charge on any atom is 0.311 e. The van der Waals surface area contributed by atoms with E-state index in [4.69, 9.17) is 14.6 Å². The zero-order valence-corrected chi connectivity index (χ0v) is 17.2. The monoisotopic (exact) mass is 443 g/mol. The third-order valence-corrected chi connectivity index (χ3v) is 5.03. The summed E-state index contributed by atoms with van der Waals surface area (Å²) < 4.78 is 25.0. The normalized spacial score (nSPS) is 20.8. The second kappa shape index (κ2) is 8.99. The van der Waals surface area contributed by atoms with Crippen LogP contribution in [0.1, 0.15) is 12.7 Å². The van der Waals surface area contributed by atoms with Crippen LogP contribution in [0.3, 0.4) is 0 Å². The first-order chi connectivity index (χ1) is 15.4. The van der Waals surface area contributed by atoms with Gasteiger partial charge in [-0.1, -0.05) is 0 Å². The van der Waals surface area contributed by atoms with Crippen LogP contribution in [0, 0.1) is 11.7 Å². The standard InChI is InChI=1S/C21H22FN5O5/c1-21(31-10-13(11-32-21)18(29)30)19-26-16(12-2-4-14(22)5-3-12)17(27-19)15-6-7-23-20(25-15)24-8-9-28/h2-7,13,28H,8-11H2,1H3,(H,26,27)(H,29,30)(H,23,24,25). The van der Waals surface area contributed by atoms with Crippen molar-refractivity contribution >= 4 is 11.9 Å². The van der Waals surface area contributed by atoms with Crippen molar-refractivity contribution < 1.29 is 28.9 Å². The fourth-order valence-electron chi connectivity index (χ4n) is 3.23. The van der Waals surface area contributed by atoms with Gasteiger partial charge in [0.15, 0.2) is 5.82 Å². The molecule has 0 spiro atoms. The molecule has 1 saturated heterocycles. The maximum atomic E-state index is 13.5. The lowest BCUT2D eigenvalue weighted by molar-refractivity contribution is -0.284. The molecule has 0 aliphatic carbocycles. The number of aromatic amines is 1. The molecule has 0 unspecified atom stereocenters. The number of imidazole rings is 1. The molecular weight excluding hydrogens is 421 g/mol. The van der Waals surface area contributed by atoms with Gasteiger partial charge in [-0.3, -0.25) is 4.79 Å². The lowest BCUT2D eigenvalue weighted by Gasteiger charge is -2.34. The molecular formula is C21H22FN5O5. The Bertz CT molecular complexity index is 1100. The second-order valence-electron chi connectivity index (χ2n) is 7.33. The summed E-state index contributed by atoms with van der Waals surface area (Å²) in [5.41, 5.74) is 2.15. The van der Waals surface area contributed by atoms with E-state index in [1.165, 1.54) is 12.1 Å². The number of aliphatic carboxylic acids is 1. The first-order valence-electron chi connectivity index (χ1n) is 9.95. The zero-order valence-electron chi connectivity index (χ0n) is 17.2. The van der Waals surface area contributed by atoms with E-state index < -0.39 is 17.7 Å². The molecule has 4 N–H and O–H groups in total. The molecule has 1 aliphatic heterocycles. The molecule has 0 atom stereocenters. The van der Waals surface area contributed by atoms with Crippen LogP contribution >= 0.6 is 0 Å². The zero-order chi connectivity index (χ0) is 22.7. The van der Waals surface area contributed by atoms with Gasteiger partial charge in [0.2, 0.25) is 11.7 Å². The van der Waals surface area contributed by atoms with Gasteiger partial charge < -0.3 is 30.0 Å². The van der Waals surface area contributed by atoms with Crippen molar-refractivity contribution in [1.29, 1.82) is 0 Å². The van der Waals surface area contributed by atoms with Crippen molar-refractivity contribution in [3.63, 3.8) is 0 Å². The van der Waals surface area contributed by atoms with Crippen molar-refractivity contribution in [3.8, 4) is 22.6 Å². The molecule has 1 aliphatic rings. The highest BCUT2D eigenvalue weighted by atomic mass is 19.1. The predicted octanol–water partition coefficient (Wildman–Crippen LogP) is 2.00. The molecule has 3 heterocycles. The fourth-order valence-corrected chi connectivity index (χ4v) is 3.23. The molecule has 10 nitrogen and oxygen atoms in total. The number of hydrogen-bond acceptors (Lipinski definition) is 8. The highest BCUT2D eigenvalue weighted by Gasteiger charge is 2.40. The van der Waals surface area contributed by atoms with Gasteiger partial charge in [-0.2, -0.15) is 0 Å². The largest absolute Gasteiger partial charge is 0.481 e. The predicted molar refractivity (Wildman–Crippen MR) is 111 cm³/mol. The van der Waals surface area contributed by atoms with E-state index in [0.717, 1.165) is 0 Å². The first kappa shape index (κ1) is 21.8. The number of halogens is 1. The third kappa shape index (κ3) is 4.44. The minimum Gasteiger partial charge on any atom is -0.481 e. The number of aliphatic hydroxyl groups excluding tert-OH is 1. The summed E-state index contributed by atoms with van der Waals surface area (Å²) in [5.74, 6) is -2.81. The Kier molecular flexibility index (Phi) is 6.12. The Labute approximate surface area is 182 Å². The highest BCUT2D eigenvalue weighted by Crippen LogP contribution is 2.36. The van der Waals surface area contributed by atoms with Crippen molar-refractivity contribution in [2.24, 2.45) is 5.92 Å². The van der Waals surface area contributed by atoms with E-state index in [-0.39, 0.29) is 32.2 Å². The summed E-state index contributed by atoms with van der Waals surface area (Å²) >= 11 is 0. The number of carbonyl (C=O) groups is 1. The topological polar surface area (TPSA) is 142 Å². The Balaban J connectivity index is 1.75. The number of carboxylic acid groups (broad SMARTS) is 1. The number of anilines is 1. The molecule has 0 saturated carbocycles. The number of ether oxygens (including phenoxy) is 2. The number of benzene rings is 1. The van der Waals surface area contributed by atoms with Crippen LogP contribution in [0.2, 0.25) is 0 Å². The van der Waals surface area contributed by atoms with E-state index in [0.29, 0.717) is 34.4 Å². The van der Waals surface area contributed by atoms with Crippen LogP contribution < -0.4 is 5.32 Å². The van der Waals surface area contributed by atoms with Gasteiger partial charge in [0.25, 0.3) is 0 Å². The number of hydrogen-bond donors (Lipinski definition) is 4. The Morgan fingerprint density at radius 1 is 1.25 bits per heavy atom. The number of carboxylic acids is 1. The number of aromatic nitrogens is 4. The van der Waals surface area contributed by atoms with Crippen LogP contribution in [0.4, 0.5) is 10.3 Å². The van der Waals surface area contributed by atoms with E-state index >= 15 is 0 Å². The summed E-state index contributed by atoms with van der Waals surface area (Å²) in [7, 11) is 0. The van der Waals surface area contributed by atoms with E-state index in [1.807, 2.05) is 0 Å². The van der Waals surface area contributed by atoms with Gasteiger partial charge >= 0.3 is 5.97 Å². The van der Waals surface area contributed by atoms with Crippen molar-refractivity contribution in [2.45, 2.75) is 12.7 Å². The second-order valence-corrected chi connectivity index (χ2v) is 7.33. The smallest absolute Gasteiger partial charge is 0.311 e. The Morgan fingerprint density at radius 2 is 1.97 bits per heavy atom. The molecule has 2 aromatic heterocycles. The number of rotatable bonds is 7. The lowest BCUT2D eigenvalue weighted by Crippen LogP contribution is -2.42. The van der Waals surface area contributed by atoms with Gasteiger partial charge in [-0.05, 0) is 37.3 Å².